The normalized spacial score (nSPS) is 17.0. The van der Waals surface area contributed by atoms with E-state index >= 15 is 0 Å². The highest BCUT2D eigenvalue weighted by Crippen LogP contribution is 2.27. The molecule has 0 saturated carbocycles. The number of ether oxygens (including phenoxy) is 2. The lowest BCUT2D eigenvalue weighted by Gasteiger charge is -2.30. The summed E-state index contributed by atoms with van der Waals surface area (Å²) in [5.41, 5.74) is 7.35. The number of likely N-dealkylation sites (tertiary alicyclic amines) is 1. The summed E-state index contributed by atoms with van der Waals surface area (Å²) in [6.45, 7) is 13.2. The van der Waals surface area contributed by atoms with Gasteiger partial charge in [0.2, 0.25) is 17.7 Å². The number of amides is 5. The van der Waals surface area contributed by atoms with Crippen LogP contribution < -0.4 is 16.4 Å². The molecule has 256 valence electrons. The molecule has 1 saturated heterocycles. The highest BCUT2D eigenvalue weighted by molar-refractivity contribution is 5.99. The molecule has 0 spiro atoms. The molecule has 3 atom stereocenters. The summed E-state index contributed by atoms with van der Waals surface area (Å²) in [5, 5.41) is 5.77. The average Bonchev–Trinajstić information content (AvgIpc) is 3.38. The second-order valence-corrected chi connectivity index (χ2v) is 13.9. The summed E-state index contributed by atoms with van der Waals surface area (Å²) in [5.74, 6) is -1.77. The number of hydrogen-bond donors (Lipinski definition) is 3. The fourth-order valence-electron chi connectivity index (χ4n) is 5.40. The highest BCUT2D eigenvalue weighted by atomic mass is 16.6. The minimum absolute atomic E-state index is 0.111. The second kappa shape index (κ2) is 15.4. The largest absolute Gasteiger partial charge is 0.444 e. The first kappa shape index (κ1) is 37.0. The van der Waals surface area contributed by atoms with Gasteiger partial charge in [0.05, 0.1) is 12.6 Å². The van der Waals surface area contributed by atoms with Crippen LogP contribution in [0.3, 0.4) is 0 Å². The summed E-state index contributed by atoms with van der Waals surface area (Å²) < 4.78 is 11.1. The Kier molecular flexibility index (Phi) is 12.1. The van der Waals surface area contributed by atoms with Crippen molar-refractivity contribution in [2.75, 3.05) is 18.4 Å². The molecule has 12 nitrogen and oxygen atoms in total. The predicted molar refractivity (Wildman–Crippen MR) is 179 cm³/mol. The van der Waals surface area contributed by atoms with E-state index < -0.39 is 65.8 Å². The third-order valence-corrected chi connectivity index (χ3v) is 7.30. The quantitative estimate of drug-likeness (QED) is 0.358. The zero-order valence-corrected chi connectivity index (χ0v) is 28.7. The molecule has 2 aromatic rings. The minimum atomic E-state index is -1.17. The molecule has 0 unspecified atom stereocenters. The van der Waals surface area contributed by atoms with E-state index in [0.29, 0.717) is 12.1 Å². The van der Waals surface area contributed by atoms with Crippen molar-refractivity contribution in [2.45, 2.75) is 104 Å². The first-order chi connectivity index (χ1) is 21.9. The van der Waals surface area contributed by atoms with Gasteiger partial charge in [0, 0.05) is 12.2 Å². The number of benzene rings is 2. The monoisotopic (exact) mass is 651 g/mol. The van der Waals surface area contributed by atoms with Crippen LogP contribution in [0.2, 0.25) is 0 Å². The smallest absolute Gasteiger partial charge is 0.417 e. The molecule has 3 rings (SSSR count). The van der Waals surface area contributed by atoms with Crippen molar-refractivity contribution in [2.24, 2.45) is 5.73 Å². The van der Waals surface area contributed by atoms with E-state index in [-0.39, 0.29) is 19.4 Å². The van der Waals surface area contributed by atoms with E-state index in [0.717, 1.165) is 21.6 Å². The Bertz CT molecular complexity index is 1430. The first-order valence-corrected chi connectivity index (χ1v) is 15.8. The lowest BCUT2D eigenvalue weighted by molar-refractivity contribution is -0.131. The van der Waals surface area contributed by atoms with Crippen LogP contribution >= 0.6 is 0 Å². The topological polar surface area (TPSA) is 160 Å². The van der Waals surface area contributed by atoms with Crippen LogP contribution in [0.4, 0.5) is 15.3 Å². The van der Waals surface area contributed by atoms with Gasteiger partial charge in [0.15, 0.2) is 0 Å². The van der Waals surface area contributed by atoms with Gasteiger partial charge in [-0.1, -0.05) is 36.4 Å². The standard InChI is InChI=1S/C35H49N5O7/c1-22-16-23(2)18-25(17-22)37-30(42)27(15-14-24-12-10-9-11-13-24)38-31(43)28-19-26(21-39(28)32(44)46-34(3,4)5)40(29(41)20-36)33(45)47-35(6,7)8/h9-13,16-18,26-28H,14-15,19-21,36H2,1-8H3,(H,37,42)(H,38,43)/t26-,27-,28+/m1/s1. The number of aryl methyl sites for hydroxylation is 3. The number of imide groups is 1. The number of hydrogen-bond acceptors (Lipinski definition) is 8. The molecule has 0 radical (unpaired) electrons. The van der Waals surface area contributed by atoms with Crippen molar-refractivity contribution in [3.63, 3.8) is 0 Å². The van der Waals surface area contributed by atoms with Gasteiger partial charge in [-0.2, -0.15) is 0 Å². The number of anilines is 1. The Balaban J connectivity index is 1.93. The molecule has 2 aromatic carbocycles. The van der Waals surface area contributed by atoms with E-state index in [9.17, 15) is 24.0 Å². The van der Waals surface area contributed by atoms with Crippen molar-refractivity contribution in [1.82, 2.24) is 15.1 Å². The molecule has 1 aliphatic heterocycles. The van der Waals surface area contributed by atoms with Gasteiger partial charge in [-0.15, -0.1) is 0 Å². The zero-order valence-electron chi connectivity index (χ0n) is 28.7. The molecular formula is C35H49N5O7. The Morgan fingerprint density at radius 3 is 2.09 bits per heavy atom. The van der Waals surface area contributed by atoms with Gasteiger partial charge in [-0.3, -0.25) is 19.3 Å². The van der Waals surface area contributed by atoms with Crippen LogP contribution in [0.15, 0.2) is 48.5 Å². The molecule has 0 aromatic heterocycles. The van der Waals surface area contributed by atoms with Crippen LogP contribution in [-0.4, -0.2) is 82.1 Å². The molecule has 5 amide bonds. The van der Waals surface area contributed by atoms with Crippen molar-refractivity contribution in [3.8, 4) is 0 Å². The lowest BCUT2D eigenvalue weighted by Crippen LogP contribution is -2.52. The fourth-order valence-corrected chi connectivity index (χ4v) is 5.40. The molecular weight excluding hydrogens is 602 g/mol. The second-order valence-electron chi connectivity index (χ2n) is 13.9. The molecule has 12 heteroatoms. The van der Waals surface area contributed by atoms with E-state index in [1.165, 1.54) is 4.90 Å². The number of carbonyl (C=O) groups excluding carboxylic acids is 5. The summed E-state index contributed by atoms with van der Waals surface area (Å²) in [6, 6.07) is 12.2. The number of rotatable bonds is 9. The van der Waals surface area contributed by atoms with E-state index in [1.54, 1.807) is 41.5 Å². The van der Waals surface area contributed by atoms with Gasteiger partial charge in [-0.25, -0.2) is 14.5 Å². The van der Waals surface area contributed by atoms with Crippen molar-refractivity contribution >= 4 is 35.6 Å². The lowest BCUT2D eigenvalue weighted by atomic mass is 10.0. The van der Waals surface area contributed by atoms with Gasteiger partial charge in [-0.05, 0) is 103 Å². The van der Waals surface area contributed by atoms with Crippen LogP contribution in [-0.2, 0) is 30.3 Å². The highest BCUT2D eigenvalue weighted by Gasteiger charge is 2.47. The Hall–Kier alpha value is -4.45. The third-order valence-electron chi connectivity index (χ3n) is 7.30. The van der Waals surface area contributed by atoms with Crippen molar-refractivity contribution in [1.29, 1.82) is 0 Å². The molecule has 0 bridgehead atoms. The first-order valence-electron chi connectivity index (χ1n) is 15.8. The van der Waals surface area contributed by atoms with Crippen molar-refractivity contribution in [3.05, 3.63) is 65.2 Å². The molecule has 1 aliphatic rings. The number of carbonyl (C=O) groups is 5. The van der Waals surface area contributed by atoms with Gasteiger partial charge in [0.25, 0.3) is 0 Å². The predicted octanol–water partition coefficient (Wildman–Crippen LogP) is 4.46. The Labute approximate surface area is 277 Å². The molecule has 47 heavy (non-hydrogen) atoms. The van der Waals surface area contributed by atoms with Crippen LogP contribution in [0.1, 0.15) is 71.1 Å². The van der Waals surface area contributed by atoms with E-state index in [1.807, 2.05) is 62.4 Å². The van der Waals surface area contributed by atoms with E-state index in [2.05, 4.69) is 10.6 Å². The molecule has 0 aliphatic carbocycles. The molecule has 4 N–H and O–H groups in total. The SMILES string of the molecule is Cc1cc(C)cc(NC(=O)[C@@H](CCc2ccccc2)NC(=O)[C@@H]2C[C@@H](N(C(=O)CN)C(=O)OC(C)(C)C)CN2C(=O)OC(C)(C)C)c1. The molecule has 1 heterocycles. The number of nitrogens with zero attached hydrogens (tertiary/aromatic N) is 2. The number of nitrogens with two attached hydrogens (primary N) is 1. The van der Waals surface area contributed by atoms with E-state index in [4.69, 9.17) is 15.2 Å². The van der Waals surface area contributed by atoms with Gasteiger partial charge in [0.1, 0.15) is 23.3 Å². The average molecular weight is 652 g/mol. The maximum absolute atomic E-state index is 14.0. The van der Waals surface area contributed by atoms with Crippen LogP contribution in [0.5, 0.6) is 0 Å². The Morgan fingerprint density at radius 2 is 1.53 bits per heavy atom. The maximum Gasteiger partial charge on any atom is 0.417 e. The number of nitrogens with one attached hydrogen (secondary N) is 2. The fraction of sp³-hybridized carbons (Fsp3) is 0.514. The maximum atomic E-state index is 14.0. The summed E-state index contributed by atoms with van der Waals surface area (Å²) >= 11 is 0. The van der Waals surface area contributed by atoms with Crippen molar-refractivity contribution < 1.29 is 33.4 Å². The summed E-state index contributed by atoms with van der Waals surface area (Å²) in [7, 11) is 0. The molecule has 1 fully saturated rings. The van der Waals surface area contributed by atoms with Gasteiger partial charge < -0.3 is 25.8 Å². The van der Waals surface area contributed by atoms with Crippen LogP contribution in [0, 0.1) is 13.8 Å². The van der Waals surface area contributed by atoms with Crippen LogP contribution in [0.25, 0.3) is 0 Å². The third kappa shape index (κ3) is 11.1. The summed E-state index contributed by atoms with van der Waals surface area (Å²) in [4.78, 5) is 69.3. The summed E-state index contributed by atoms with van der Waals surface area (Å²) in [6.07, 6.45) is -1.08. The van der Waals surface area contributed by atoms with Gasteiger partial charge >= 0.3 is 12.2 Å². The Morgan fingerprint density at radius 1 is 0.936 bits per heavy atom. The minimum Gasteiger partial charge on any atom is -0.444 e. The zero-order chi connectivity index (χ0) is 35.1.